The fraction of sp³-hybridized carbons (Fsp3) is 0.286. The Morgan fingerprint density at radius 3 is 2.62 bits per heavy atom. The first-order valence-corrected chi connectivity index (χ1v) is 3.40. The van der Waals surface area contributed by atoms with E-state index < -0.39 is 24.7 Å². The maximum absolute atomic E-state index is 12.5. The van der Waals surface area contributed by atoms with E-state index in [9.17, 15) is 13.2 Å². The Kier molecular flexibility index (Phi) is 2.72. The predicted octanol–water partition coefficient (Wildman–Crippen LogP) is 1.23. The molecular weight excluding hydrogens is 185 g/mol. The summed E-state index contributed by atoms with van der Waals surface area (Å²) in [5.74, 6) is -1.08. The molecule has 1 aromatic heterocycles. The van der Waals surface area contributed by atoms with Gasteiger partial charge in [-0.15, -0.1) is 0 Å². The Morgan fingerprint density at radius 2 is 2.15 bits per heavy atom. The normalized spacial score (nSPS) is 10.8. The molecule has 0 aliphatic heterocycles. The van der Waals surface area contributed by atoms with Crippen molar-refractivity contribution in [3.63, 3.8) is 0 Å². The van der Waals surface area contributed by atoms with Gasteiger partial charge in [0.05, 0.1) is 12.3 Å². The first-order chi connectivity index (χ1) is 6.06. The molecule has 0 aliphatic carbocycles. The topological polar surface area (TPSA) is 59.1 Å². The van der Waals surface area contributed by atoms with Crippen molar-refractivity contribution in [3.05, 3.63) is 23.3 Å². The SMILES string of the molecule is Nc1c(CO)cc(F)nc1C(F)F. The number of nitrogens with two attached hydrogens (primary N) is 1. The third-order valence-corrected chi connectivity index (χ3v) is 1.52. The molecule has 1 aromatic rings. The van der Waals surface area contributed by atoms with Crippen LogP contribution in [0.1, 0.15) is 17.7 Å². The number of aliphatic hydroxyl groups is 1. The van der Waals surface area contributed by atoms with Gasteiger partial charge in [0, 0.05) is 11.6 Å². The van der Waals surface area contributed by atoms with Crippen molar-refractivity contribution in [1.82, 2.24) is 4.98 Å². The van der Waals surface area contributed by atoms with E-state index in [0.29, 0.717) is 0 Å². The number of aromatic nitrogens is 1. The summed E-state index contributed by atoms with van der Waals surface area (Å²) in [7, 11) is 0. The molecule has 0 aromatic carbocycles. The lowest BCUT2D eigenvalue weighted by atomic mass is 10.2. The summed E-state index contributed by atoms with van der Waals surface area (Å²) in [5.41, 5.74) is 3.92. The molecule has 1 rings (SSSR count). The van der Waals surface area contributed by atoms with Gasteiger partial charge in [0.25, 0.3) is 6.43 Å². The highest BCUT2D eigenvalue weighted by molar-refractivity contribution is 5.50. The van der Waals surface area contributed by atoms with Crippen LogP contribution >= 0.6 is 0 Å². The summed E-state index contributed by atoms with van der Waals surface area (Å²) in [5, 5.41) is 8.63. The van der Waals surface area contributed by atoms with Crippen molar-refractivity contribution in [2.24, 2.45) is 0 Å². The molecule has 0 radical (unpaired) electrons. The maximum atomic E-state index is 12.5. The summed E-state index contributed by atoms with van der Waals surface area (Å²) in [6.45, 7) is -0.592. The van der Waals surface area contributed by atoms with Crippen LogP contribution in [-0.2, 0) is 6.61 Å². The minimum atomic E-state index is -2.94. The largest absolute Gasteiger partial charge is 0.397 e. The zero-order valence-electron chi connectivity index (χ0n) is 6.47. The molecule has 0 bridgehead atoms. The predicted molar refractivity (Wildman–Crippen MR) is 39.5 cm³/mol. The Labute approximate surface area is 72.0 Å². The monoisotopic (exact) mass is 192 g/mol. The van der Waals surface area contributed by atoms with Crippen molar-refractivity contribution < 1.29 is 18.3 Å². The van der Waals surface area contributed by atoms with Gasteiger partial charge in [-0.25, -0.2) is 13.8 Å². The molecule has 6 heteroatoms. The molecular formula is C7H7F3N2O. The standard InChI is InChI=1S/C7H7F3N2O/c8-4-1-3(2-13)5(11)6(12-4)7(9)10/h1,7,13H,2,11H2. The van der Waals surface area contributed by atoms with Crippen LogP contribution in [0.2, 0.25) is 0 Å². The van der Waals surface area contributed by atoms with Crippen LogP contribution in [0, 0.1) is 5.95 Å². The lowest BCUT2D eigenvalue weighted by Crippen LogP contribution is -2.05. The lowest BCUT2D eigenvalue weighted by Gasteiger charge is -2.07. The fourth-order valence-corrected chi connectivity index (χ4v) is 0.891. The number of pyridine rings is 1. The average Bonchev–Trinajstić information content (AvgIpc) is 2.08. The van der Waals surface area contributed by atoms with Gasteiger partial charge in [0.15, 0.2) is 0 Å². The molecule has 3 N–H and O–H groups in total. The second-order valence-corrected chi connectivity index (χ2v) is 2.36. The van der Waals surface area contributed by atoms with Crippen molar-refractivity contribution in [1.29, 1.82) is 0 Å². The van der Waals surface area contributed by atoms with Gasteiger partial charge in [0.2, 0.25) is 5.95 Å². The molecule has 0 unspecified atom stereocenters. The van der Waals surface area contributed by atoms with Crippen molar-refractivity contribution in [3.8, 4) is 0 Å². The van der Waals surface area contributed by atoms with Gasteiger partial charge in [0.1, 0.15) is 5.69 Å². The first-order valence-electron chi connectivity index (χ1n) is 3.40. The van der Waals surface area contributed by atoms with Crippen molar-refractivity contribution >= 4 is 5.69 Å². The summed E-state index contributed by atoms with van der Waals surface area (Å²) in [4.78, 5) is 2.93. The molecule has 0 saturated heterocycles. The minimum Gasteiger partial charge on any atom is -0.397 e. The molecule has 72 valence electrons. The van der Waals surface area contributed by atoms with Crippen LogP contribution in [0.25, 0.3) is 0 Å². The third kappa shape index (κ3) is 1.89. The summed E-state index contributed by atoms with van der Waals surface area (Å²) >= 11 is 0. The van der Waals surface area contributed by atoms with Crippen LogP contribution in [0.3, 0.4) is 0 Å². The first kappa shape index (κ1) is 9.79. The zero-order valence-corrected chi connectivity index (χ0v) is 6.47. The number of hydrogen-bond donors (Lipinski definition) is 2. The lowest BCUT2D eigenvalue weighted by molar-refractivity contribution is 0.145. The number of nitrogen functional groups attached to an aromatic ring is 1. The molecule has 0 spiro atoms. The average molecular weight is 192 g/mol. The smallest absolute Gasteiger partial charge is 0.282 e. The highest BCUT2D eigenvalue weighted by atomic mass is 19.3. The second kappa shape index (κ2) is 3.61. The van der Waals surface area contributed by atoms with Crippen molar-refractivity contribution in [2.45, 2.75) is 13.0 Å². The summed E-state index contributed by atoms with van der Waals surface area (Å²) < 4.78 is 36.8. The highest BCUT2D eigenvalue weighted by Gasteiger charge is 2.17. The summed E-state index contributed by atoms with van der Waals surface area (Å²) in [6, 6.07) is 0.821. The number of nitrogens with zero attached hydrogens (tertiary/aromatic N) is 1. The Bertz CT molecular complexity index is 317. The fourth-order valence-electron chi connectivity index (χ4n) is 0.891. The zero-order chi connectivity index (χ0) is 10.0. The van der Waals surface area contributed by atoms with E-state index in [1.54, 1.807) is 0 Å². The Hall–Kier alpha value is -1.30. The van der Waals surface area contributed by atoms with E-state index >= 15 is 0 Å². The van der Waals surface area contributed by atoms with Crippen LogP contribution in [0.15, 0.2) is 6.07 Å². The second-order valence-electron chi connectivity index (χ2n) is 2.36. The van der Waals surface area contributed by atoms with E-state index in [4.69, 9.17) is 10.8 Å². The van der Waals surface area contributed by atoms with Gasteiger partial charge in [-0.05, 0) is 0 Å². The molecule has 1 heterocycles. The van der Waals surface area contributed by atoms with Crippen LogP contribution in [0.5, 0.6) is 0 Å². The number of halogens is 3. The Morgan fingerprint density at radius 1 is 1.54 bits per heavy atom. The Balaban J connectivity index is 3.27. The van der Waals surface area contributed by atoms with Gasteiger partial charge >= 0.3 is 0 Å². The van der Waals surface area contributed by atoms with E-state index in [2.05, 4.69) is 4.98 Å². The number of rotatable bonds is 2. The van der Waals surface area contributed by atoms with E-state index in [-0.39, 0.29) is 11.3 Å². The number of aliphatic hydroxyl groups excluding tert-OH is 1. The maximum Gasteiger partial charge on any atom is 0.282 e. The molecule has 0 atom stereocenters. The van der Waals surface area contributed by atoms with Gasteiger partial charge in [-0.1, -0.05) is 0 Å². The highest BCUT2D eigenvalue weighted by Crippen LogP contribution is 2.26. The quantitative estimate of drug-likeness (QED) is 0.693. The minimum absolute atomic E-state index is 0.0807. The van der Waals surface area contributed by atoms with E-state index in [0.717, 1.165) is 6.07 Å². The van der Waals surface area contributed by atoms with Gasteiger partial charge < -0.3 is 10.8 Å². The molecule has 0 saturated carbocycles. The molecule has 0 aliphatic rings. The van der Waals surface area contributed by atoms with Gasteiger partial charge in [-0.3, -0.25) is 0 Å². The van der Waals surface area contributed by atoms with E-state index in [1.165, 1.54) is 0 Å². The molecule has 0 amide bonds. The third-order valence-electron chi connectivity index (χ3n) is 1.52. The molecule has 0 fully saturated rings. The molecule has 3 nitrogen and oxygen atoms in total. The van der Waals surface area contributed by atoms with Crippen LogP contribution in [-0.4, -0.2) is 10.1 Å². The van der Waals surface area contributed by atoms with Gasteiger partial charge in [-0.2, -0.15) is 4.39 Å². The number of alkyl halides is 2. The van der Waals surface area contributed by atoms with Crippen molar-refractivity contribution in [2.75, 3.05) is 5.73 Å². The molecule has 13 heavy (non-hydrogen) atoms. The number of anilines is 1. The summed E-state index contributed by atoms with van der Waals surface area (Å²) in [6.07, 6.45) is -2.94. The van der Waals surface area contributed by atoms with Crippen LogP contribution < -0.4 is 5.73 Å². The van der Waals surface area contributed by atoms with Crippen LogP contribution in [0.4, 0.5) is 18.9 Å². The van der Waals surface area contributed by atoms with E-state index in [1.807, 2.05) is 0 Å². The number of hydrogen-bond acceptors (Lipinski definition) is 3.